The number of thiophene rings is 1. The number of carbonyl (C=O) groups excluding carboxylic acids is 2. The van der Waals surface area contributed by atoms with Gasteiger partial charge in [0.05, 0.1) is 11.3 Å². The Labute approximate surface area is 134 Å². The van der Waals surface area contributed by atoms with Crippen molar-refractivity contribution in [2.75, 3.05) is 13.1 Å². The summed E-state index contributed by atoms with van der Waals surface area (Å²) in [5.74, 6) is -0.0468. The molecule has 0 bridgehead atoms. The van der Waals surface area contributed by atoms with E-state index in [4.69, 9.17) is 0 Å². The summed E-state index contributed by atoms with van der Waals surface area (Å²) in [5, 5.41) is 7.58. The second kappa shape index (κ2) is 8.34. The van der Waals surface area contributed by atoms with Crippen LogP contribution in [0.15, 0.2) is 41.8 Å². The number of hydrogen-bond donors (Lipinski definition) is 2. The predicted molar refractivity (Wildman–Crippen MR) is 89.2 cm³/mol. The molecule has 2 amide bonds. The summed E-state index contributed by atoms with van der Waals surface area (Å²) in [6.45, 7) is 3.14. The molecule has 4 nitrogen and oxygen atoms in total. The smallest absolute Gasteiger partial charge is 0.261 e. The Balaban J connectivity index is 1.59. The highest BCUT2D eigenvalue weighted by atomic mass is 32.1. The third kappa shape index (κ3) is 5.33. The summed E-state index contributed by atoms with van der Waals surface area (Å²) in [4.78, 5) is 24.2. The van der Waals surface area contributed by atoms with E-state index in [1.807, 2.05) is 42.6 Å². The summed E-state index contributed by atoms with van der Waals surface area (Å²) < 4.78 is 0. The van der Waals surface area contributed by atoms with Crippen molar-refractivity contribution >= 4 is 23.2 Å². The van der Waals surface area contributed by atoms with Crippen molar-refractivity contribution < 1.29 is 9.59 Å². The van der Waals surface area contributed by atoms with Crippen LogP contribution in [-0.2, 0) is 11.2 Å². The van der Waals surface area contributed by atoms with Crippen LogP contribution in [0.2, 0.25) is 0 Å². The average molecular weight is 316 g/mol. The van der Waals surface area contributed by atoms with Crippen molar-refractivity contribution in [1.29, 1.82) is 0 Å². The molecule has 5 heteroatoms. The second-order valence-electron chi connectivity index (χ2n) is 5.10. The van der Waals surface area contributed by atoms with Gasteiger partial charge in [-0.1, -0.05) is 35.9 Å². The van der Waals surface area contributed by atoms with Gasteiger partial charge in [0.2, 0.25) is 5.91 Å². The van der Waals surface area contributed by atoms with Gasteiger partial charge in [0.15, 0.2) is 0 Å². The zero-order valence-electron chi connectivity index (χ0n) is 12.6. The molecular weight excluding hydrogens is 296 g/mol. The van der Waals surface area contributed by atoms with Crippen LogP contribution >= 0.6 is 11.3 Å². The lowest BCUT2D eigenvalue weighted by Crippen LogP contribution is -2.30. The first kappa shape index (κ1) is 16.2. The maximum Gasteiger partial charge on any atom is 0.261 e. The van der Waals surface area contributed by atoms with E-state index in [1.165, 1.54) is 16.9 Å². The van der Waals surface area contributed by atoms with Gasteiger partial charge < -0.3 is 10.6 Å². The SMILES string of the molecule is Cc1ccc(CC(=O)NCCCNC(=O)c2cccs2)cc1. The first-order valence-electron chi connectivity index (χ1n) is 7.29. The van der Waals surface area contributed by atoms with Crippen LogP contribution in [0.25, 0.3) is 0 Å². The van der Waals surface area contributed by atoms with Crippen molar-refractivity contribution in [1.82, 2.24) is 10.6 Å². The molecule has 0 radical (unpaired) electrons. The van der Waals surface area contributed by atoms with E-state index < -0.39 is 0 Å². The molecule has 2 aromatic rings. The number of hydrogen-bond acceptors (Lipinski definition) is 3. The van der Waals surface area contributed by atoms with E-state index in [0.29, 0.717) is 24.4 Å². The number of rotatable bonds is 7. The minimum Gasteiger partial charge on any atom is -0.356 e. The van der Waals surface area contributed by atoms with Crippen LogP contribution in [0.4, 0.5) is 0 Å². The predicted octanol–water partition coefficient (Wildman–Crippen LogP) is 2.54. The summed E-state index contributed by atoms with van der Waals surface area (Å²) in [6.07, 6.45) is 1.11. The fourth-order valence-electron chi connectivity index (χ4n) is 1.97. The normalized spacial score (nSPS) is 10.2. The monoisotopic (exact) mass is 316 g/mol. The number of aryl methyl sites for hydroxylation is 1. The minimum atomic E-state index is -0.0546. The van der Waals surface area contributed by atoms with Gasteiger partial charge in [-0.05, 0) is 30.4 Å². The molecule has 2 N–H and O–H groups in total. The molecule has 116 valence electrons. The molecule has 22 heavy (non-hydrogen) atoms. The van der Waals surface area contributed by atoms with Crippen molar-refractivity contribution in [3.63, 3.8) is 0 Å². The van der Waals surface area contributed by atoms with Crippen LogP contribution in [-0.4, -0.2) is 24.9 Å². The Hall–Kier alpha value is -2.14. The molecule has 2 rings (SSSR count). The molecule has 0 atom stereocenters. The third-order valence-electron chi connectivity index (χ3n) is 3.19. The molecule has 0 aliphatic rings. The highest BCUT2D eigenvalue weighted by Crippen LogP contribution is 2.07. The molecule has 0 aliphatic carbocycles. The molecule has 1 aromatic carbocycles. The van der Waals surface area contributed by atoms with Crippen LogP contribution in [0.1, 0.15) is 27.2 Å². The summed E-state index contributed by atoms with van der Waals surface area (Å²) in [7, 11) is 0. The molecule has 1 heterocycles. The number of amides is 2. The maximum atomic E-state index is 11.8. The minimum absolute atomic E-state index is 0.00781. The standard InChI is InChI=1S/C17H20N2O2S/c1-13-5-7-14(8-6-13)12-16(20)18-9-3-10-19-17(21)15-4-2-11-22-15/h2,4-8,11H,3,9-10,12H2,1H3,(H,18,20)(H,19,21). The fourth-order valence-corrected chi connectivity index (χ4v) is 2.61. The maximum absolute atomic E-state index is 11.8. The van der Waals surface area contributed by atoms with Gasteiger partial charge in [0.25, 0.3) is 5.91 Å². The van der Waals surface area contributed by atoms with Crippen LogP contribution < -0.4 is 10.6 Å². The molecule has 0 saturated carbocycles. The van der Waals surface area contributed by atoms with E-state index in [2.05, 4.69) is 10.6 Å². The van der Waals surface area contributed by atoms with E-state index >= 15 is 0 Å². The molecular formula is C17H20N2O2S. The lowest BCUT2D eigenvalue weighted by atomic mass is 10.1. The van der Waals surface area contributed by atoms with E-state index in [0.717, 1.165) is 12.0 Å². The molecule has 0 fully saturated rings. The molecule has 0 unspecified atom stereocenters. The summed E-state index contributed by atoms with van der Waals surface area (Å²) in [5.41, 5.74) is 2.19. The van der Waals surface area contributed by atoms with E-state index in [9.17, 15) is 9.59 Å². The second-order valence-corrected chi connectivity index (χ2v) is 6.05. The number of nitrogens with one attached hydrogen (secondary N) is 2. The van der Waals surface area contributed by atoms with E-state index in [1.54, 1.807) is 6.07 Å². The Kier molecular flexibility index (Phi) is 6.15. The zero-order chi connectivity index (χ0) is 15.8. The molecule has 1 aromatic heterocycles. The molecule has 0 saturated heterocycles. The fraction of sp³-hybridized carbons (Fsp3) is 0.294. The molecule has 0 spiro atoms. The Morgan fingerprint density at radius 1 is 1.05 bits per heavy atom. The van der Waals surface area contributed by atoms with Crippen molar-refractivity contribution in [3.05, 3.63) is 57.8 Å². The van der Waals surface area contributed by atoms with Gasteiger partial charge in [-0.25, -0.2) is 0 Å². The van der Waals surface area contributed by atoms with Gasteiger partial charge in [-0.3, -0.25) is 9.59 Å². The largest absolute Gasteiger partial charge is 0.356 e. The lowest BCUT2D eigenvalue weighted by molar-refractivity contribution is -0.120. The highest BCUT2D eigenvalue weighted by Gasteiger charge is 2.05. The van der Waals surface area contributed by atoms with Gasteiger partial charge in [-0.15, -0.1) is 11.3 Å². The Morgan fingerprint density at radius 2 is 1.77 bits per heavy atom. The lowest BCUT2D eigenvalue weighted by Gasteiger charge is -2.06. The topological polar surface area (TPSA) is 58.2 Å². The van der Waals surface area contributed by atoms with Crippen molar-refractivity contribution in [2.24, 2.45) is 0 Å². The zero-order valence-corrected chi connectivity index (χ0v) is 13.4. The first-order valence-corrected chi connectivity index (χ1v) is 8.17. The van der Waals surface area contributed by atoms with Crippen molar-refractivity contribution in [3.8, 4) is 0 Å². The Bertz CT molecular complexity index is 606. The van der Waals surface area contributed by atoms with Gasteiger partial charge in [-0.2, -0.15) is 0 Å². The third-order valence-corrected chi connectivity index (χ3v) is 4.06. The first-order chi connectivity index (χ1) is 10.6. The van der Waals surface area contributed by atoms with Crippen LogP contribution in [0.3, 0.4) is 0 Å². The van der Waals surface area contributed by atoms with Gasteiger partial charge in [0.1, 0.15) is 0 Å². The number of carbonyl (C=O) groups is 2. The summed E-state index contributed by atoms with van der Waals surface area (Å²) in [6, 6.07) is 11.6. The molecule has 0 aliphatic heterocycles. The van der Waals surface area contributed by atoms with Crippen molar-refractivity contribution in [2.45, 2.75) is 19.8 Å². The quantitative estimate of drug-likeness (QED) is 0.771. The van der Waals surface area contributed by atoms with Gasteiger partial charge in [0, 0.05) is 13.1 Å². The van der Waals surface area contributed by atoms with Crippen LogP contribution in [0, 0.1) is 6.92 Å². The van der Waals surface area contributed by atoms with E-state index in [-0.39, 0.29) is 11.8 Å². The van der Waals surface area contributed by atoms with Crippen LogP contribution in [0.5, 0.6) is 0 Å². The highest BCUT2D eigenvalue weighted by molar-refractivity contribution is 7.12. The Morgan fingerprint density at radius 3 is 2.45 bits per heavy atom. The average Bonchev–Trinajstić information content (AvgIpc) is 3.03. The number of benzene rings is 1. The summed E-state index contributed by atoms with van der Waals surface area (Å²) >= 11 is 1.42. The van der Waals surface area contributed by atoms with Gasteiger partial charge >= 0.3 is 0 Å².